The first-order valence-corrected chi connectivity index (χ1v) is 16.4. The number of hydrogen-bond acceptors (Lipinski definition) is 7. The minimum atomic E-state index is -5.84. The van der Waals surface area contributed by atoms with E-state index in [9.17, 15) is 18.0 Å². The third kappa shape index (κ3) is 8.27. The lowest BCUT2D eigenvalue weighted by Crippen LogP contribution is -2.41. The van der Waals surface area contributed by atoms with Crippen molar-refractivity contribution < 1.29 is 39.9 Å². The van der Waals surface area contributed by atoms with Crippen LogP contribution in [0.4, 0.5) is 8.78 Å². The van der Waals surface area contributed by atoms with Gasteiger partial charge in [0, 0.05) is 20.8 Å². The van der Waals surface area contributed by atoms with Gasteiger partial charge in [0.1, 0.15) is 0 Å². The maximum absolute atomic E-state index is 15.3. The van der Waals surface area contributed by atoms with Gasteiger partial charge in [-0.05, 0) is 59.5 Å². The van der Waals surface area contributed by atoms with Gasteiger partial charge < -0.3 is 9.47 Å². The average Bonchev–Trinajstić information content (AvgIpc) is 3.01. The summed E-state index contributed by atoms with van der Waals surface area (Å²) in [6.45, 7) is 3.24. The van der Waals surface area contributed by atoms with Crippen molar-refractivity contribution in [1.29, 1.82) is 0 Å². The van der Waals surface area contributed by atoms with Gasteiger partial charge in [0.15, 0.2) is 0 Å². The molecule has 0 heterocycles. The monoisotopic (exact) mass is 620 g/mol. The fourth-order valence-electron chi connectivity index (χ4n) is 4.03. The molecule has 0 aliphatic rings. The summed E-state index contributed by atoms with van der Waals surface area (Å²) in [5.41, 5.74) is 0. The van der Waals surface area contributed by atoms with Crippen molar-refractivity contribution >= 4 is 32.4 Å². The topological polar surface area (TPSA) is 96.0 Å². The Labute approximate surface area is 247 Å². The first-order chi connectivity index (χ1) is 20.1. The van der Waals surface area contributed by atoms with Gasteiger partial charge in [-0.2, -0.15) is 17.2 Å². The molecule has 7 nitrogen and oxygen atoms in total. The first kappa shape index (κ1) is 33.0. The number of rotatable bonds is 17. The van der Waals surface area contributed by atoms with Gasteiger partial charge in [-0.25, -0.2) is 13.2 Å². The summed E-state index contributed by atoms with van der Waals surface area (Å²) in [7, 11) is -9.11. The molecule has 226 valence electrons. The van der Waals surface area contributed by atoms with Gasteiger partial charge in [-0.15, -0.1) is 0 Å². The molecule has 0 aliphatic carbocycles. The zero-order valence-corrected chi connectivity index (χ0v) is 24.7. The van der Waals surface area contributed by atoms with E-state index in [2.05, 4.69) is 6.58 Å². The van der Waals surface area contributed by atoms with Crippen LogP contribution in [0.2, 0.25) is 0 Å². The largest absolute Gasteiger partial charge is 0.466 e. The van der Waals surface area contributed by atoms with E-state index in [4.69, 9.17) is 13.1 Å². The van der Waals surface area contributed by atoms with Crippen molar-refractivity contribution in [1.82, 2.24) is 0 Å². The zero-order valence-electron chi connectivity index (χ0n) is 23.0. The van der Waals surface area contributed by atoms with Crippen LogP contribution in [-0.4, -0.2) is 38.8 Å². The summed E-state index contributed by atoms with van der Waals surface area (Å²) < 4.78 is 72.2. The van der Waals surface area contributed by atoms with Gasteiger partial charge in [-0.1, -0.05) is 86.9 Å². The van der Waals surface area contributed by atoms with Crippen LogP contribution in [0.15, 0.2) is 118 Å². The molecule has 0 N–H and O–H groups in total. The van der Waals surface area contributed by atoms with E-state index in [-0.39, 0.29) is 19.6 Å². The fourth-order valence-corrected chi connectivity index (χ4v) is 9.09. The van der Waals surface area contributed by atoms with Crippen LogP contribution >= 0.6 is 10.3 Å². The quantitative estimate of drug-likeness (QED) is 0.0879. The summed E-state index contributed by atoms with van der Waals surface area (Å²) in [6, 6.07) is 24.7. The molecule has 0 atom stereocenters. The lowest BCUT2D eigenvalue weighted by molar-refractivity contribution is -0.161. The maximum Gasteiger partial charge on any atom is 0.466 e. The molecular formula is C31H34F2O7S2. The molecule has 3 rings (SSSR count). The Bertz CT molecular complexity index is 1300. The summed E-state index contributed by atoms with van der Waals surface area (Å²) in [5, 5.41) is -4.95. The number of ether oxygens (including phenoxy) is 2. The number of carbonyl (C=O) groups excluding carboxylic acids is 2. The highest BCUT2D eigenvalue weighted by Crippen LogP contribution is 2.70. The van der Waals surface area contributed by atoms with Crippen molar-refractivity contribution in [3.05, 3.63) is 104 Å². The molecule has 0 amide bonds. The second kappa shape index (κ2) is 15.6. The predicted octanol–water partition coefficient (Wildman–Crippen LogP) is 7.44. The lowest BCUT2D eigenvalue weighted by Gasteiger charge is -2.39. The summed E-state index contributed by atoms with van der Waals surface area (Å²) in [4.78, 5) is 24.5. The number of carbonyl (C=O) groups is 2. The van der Waals surface area contributed by atoms with Crippen LogP contribution in [0.25, 0.3) is 0 Å². The molecule has 42 heavy (non-hydrogen) atoms. The van der Waals surface area contributed by atoms with Crippen LogP contribution in [0.1, 0.15) is 38.5 Å². The normalized spacial score (nSPS) is 12.3. The Balaban J connectivity index is 1.70. The number of hydrogen-bond donors (Lipinski definition) is 0. The van der Waals surface area contributed by atoms with E-state index in [1.54, 1.807) is 91.0 Å². The number of halogens is 2. The minimum absolute atomic E-state index is 0.279. The van der Waals surface area contributed by atoms with Gasteiger partial charge in [-0.3, -0.25) is 0 Å². The Morgan fingerprint density at radius 3 is 1.45 bits per heavy atom. The van der Waals surface area contributed by atoms with E-state index in [1.807, 2.05) is 0 Å². The summed E-state index contributed by atoms with van der Waals surface area (Å²) in [5.74, 6) is -2.66. The minimum Gasteiger partial charge on any atom is -0.463 e. The van der Waals surface area contributed by atoms with Crippen LogP contribution < -0.4 is 0 Å². The van der Waals surface area contributed by atoms with Crippen LogP contribution in [0.5, 0.6) is 0 Å². The van der Waals surface area contributed by atoms with Crippen LogP contribution in [0, 0.1) is 0 Å². The summed E-state index contributed by atoms with van der Waals surface area (Å²) in [6.07, 6.45) is 4.97. The Morgan fingerprint density at radius 2 is 1.05 bits per heavy atom. The van der Waals surface area contributed by atoms with Gasteiger partial charge in [0.25, 0.3) is 0 Å². The van der Waals surface area contributed by atoms with E-state index in [0.717, 1.165) is 25.3 Å². The molecule has 0 aliphatic heterocycles. The first-order valence-electron chi connectivity index (χ1n) is 13.4. The second-order valence-corrected chi connectivity index (χ2v) is 13.7. The Kier molecular flexibility index (Phi) is 12.3. The maximum atomic E-state index is 15.3. The third-order valence-corrected chi connectivity index (χ3v) is 11.3. The number of unbranched alkanes of at least 4 members (excludes halogenated alkanes) is 5. The molecule has 0 unspecified atom stereocenters. The molecular weight excluding hydrogens is 586 g/mol. The number of benzene rings is 3. The molecule has 0 aromatic heterocycles. The molecule has 0 radical (unpaired) electrons. The third-order valence-electron chi connectivity index (χ3n) is 6.15. The predicted molar refractivity (Wildman–Crippen MR) is 156 cm³/mol. The highest BCUT2D eigenvalue weighted by atomic mass is 32.3. The molecule has 3 aromatic rings. The highest BCUT2D eigenvalue weighted by Gasteiger charge is 2.58. The smallest absolute Gasteiger partial charge is 0.463 e. The van der Waals surface area contributed by atoms with Gasteiger partial charge in [0.05, 0.1) is 13.2 Å². The van der Waals surface area contributed by atoms with Crippen LogP contribution in [-0.2, 0) is 32.8 Å². The number of esters is 2. The molecule has 3 aromatic carbocycles. The van der Waals surface area contributed by atoms with Crippen molar-refractivity contribution in [3.63, 3.8) is 0 Å². The van der Waals surface area contributed by atoms with Gasteiger partial charge in [0.2, 0.25) is 0 Å². The second-order valence-electron chi connectivity index (χ2n) is 9.16. The molecule has 0 bridgehead atoms. The average molecular weight is 621 g/mol. The number of alkyl halides is 2. The van der Waals surface area contributed by atoms with E-state index >= 15 is 8.78 Å². The SMILES string of the molecule is C=CC(=O)OCCCCCCCCOC(=O)C(F)(F)S(=O)(=O)OS(c1ccccc1)(c1ccccc1)c1ccccc1. The molecule has 0 saturated carbocycles. The molecule has 0 saturated heterocycles. The molecule has 11 heteroatoms. The van der Waals surface area contributed by atoms with Crippen LogP contribution in [0.3, 0.4) is 0 Å². The lowest BCUT2D eigenvalue weighted by atomic mass is 10.1. The zero-order chi connectivity index (χ0) is 30.5. The summed E-state index contributed by atoms with van der Waals surface area (Å²) >= 11 is 0. The fraction of sp³-hybridized carbons (Fsp3) is 0.290. The Hall–Kier alpha value is -3.54. The van der Waals surface area contributed by atoms with Crippen molar-refractivity contribution in [2.45, 2.75) is 58.5 Å². The highest BCUT2D eigenvalue weighted by molar-refractivity contribution is 8.33. The standard InChI is InChI=1S/C31H34F2O7S2/c1-2-29(34)38-24-16-5-3-4-6-17-25-39-30(35)31(32,33)42(36,37)40-41(26-18-10-7-11-19-26,27-20-12-8-13-21-27)28-22-14-9-15-23-28/h2,7-15,18-23H,1,3-6,16-17,24-25H2. The van der Waals surface area contributed by atoms with Crippen molar-refractivity contribution in [3.8, 4) is 0 Å². The van der Waals surface area contributed by atoms with Gasteiger partial charge >= 0.3 is 27.3 Å². The van der Waals surface area contributed by atoms with Crippen molar-refractivity contribution in [2.24, 2.45) is 0 Å². The van der Waals surface area contributed by atoms with E-state index in [1.165, 1.54) is 0 Å². The van der Waals surface area contributed by atoms with E-state index < -0.39 is 37.6 Å². The Morgan fingerprint density at radius 1 is 0.667 bits per heavy atom. The van der Waals surface area contributed by atoms with E-state index in [0.29, 0.717) is 27.5 Å². The molecule has 0 fully saturated rings. The molecule has 0 spiro atoms. The van der Waals surface area contributed by atoms with Crippen molar-refractivity contribution in [2.75, 3.05) is 13.2 Å².